The zero-order chi connectivity index (χ0) is 26.4. The van der Waals surface area contributed by atoms with Gasteiger partial charge < -0.3 is 19.7 Å². The van der Waals surface area contributed by atoms with Crippen LogP contribution in [0.4, 0.5) is 5.13 Å². The fraction of sp³-hybridized carbons (Fsp3) is 0.179. The highest BCUT2D eigenvalue weighted by Gasteiger charge is 2.48. The van der Waals surface area contributed by atoms with Gasteiger partial charge in [0.1, 0.15) is 23.0 Å². The Labute approximate surface area is 217 Å². The summed E-state index contributed by atoms with van der Waals surface area (Å²) >= 11 is 1.29. The summed E-state index contributed by atoms with van der Waals surface area (Å²) in [5.74, 6) is -1.23. The number of ketones is 1. The molecule has 1 saturated heterocycles. The van der Waals surface area contributed by atoms with E-state index in [0.717, 1.165) is 15.8 Å². The predicted molar refractivity (Wildman–Crippen MR) is 142 cm³/mol. The number of fused-ring (bicyclic) bond motifs is 1. The number of ether oxygens (including phenoxy) is 2. The molecule has 5 rings (SSSR count). The summed E-state index contributed by atoms with van der Waals surface area (Å²) in [4.78, 5) is 32.9. The Morgan fingerprint density at radius 1 is 0.973 bits per heavy atom. The molecule has 1 unspecified atom stereocenters. The van der Waals surface area contributed by atoms with Gasteiger partial charge in [-0.05, 0) is 66.9 Å². The number of amides is 1. The summed E-state index contributed by atoms with van der Waals surface area (Å²) in [5, 5.41) is 21.6. The van der Waals surface area contributed by atoms with Crippen LogP contribution in [0.2, 0.25) is 0 Å². The number of hydrogen-bond acceptors (Lipinski definition) is 8. The molecule has 1 fully saturated rings. The van der Waals surface area contributed by atoms with Gasteiger partial charge in [0.05, 0.1) is 41.6 Å². The quantitative estimate of drug-likeness (QED) is 0.211. The Balaban J connectivity index is 1.74. The van der Waals surface area contributed by atoms with Gasteiger partial charge in [-0.3, -0.25) is 14.5 Å². The van der Waals surface area contributed by atoms with Crippen LogP contribution in [0.5, 0.6) is 17.2 Å². The highest BCUT2D eigenvalue weighted by molar-refractivity contribution is 7.22. The molecule has 0 spiro atoms. The van der Waals surface area contributed by atoms with Gasteiger partial charge in [-0.1, -0.05) is 23.5 Å². The van der Waals surface area contributed by atoms with Crippen LogP contribution in [0.3, 0.4) is 0 Å². The van der Waals surface area contributed by atoms with Crippen LogP contribution in [-0.2, 0) is 9.59 Å². The molecule has 188 valence electrons. The standard InChI is InChI=1S/C28H24N2O6S/c1-14-11-20-22(12-15(14)2)37-28(29-20)30-24(16-5-7-17(31)8-6-16)23(26(33)27(30)34)25(32)19-10-9-18(35-3)13-21(19)36-4/h5-13,24,31-32H,1-4H3/b25-23+. The van der Waals surface area contributed by atoms with E-state index in [0.29, 0.717) is 22.0 Å². The normalized spacial score (nSPS) is 17.0. The van der Waals surface area contributed by atoms with Gasteiger partial charge in [0.15, 0.2) is 5.13 Å². The summed E-state index contributed by atoms with van der Waals surface area (Å²) in [6.45, 7) is 3.98. The number of Topliss-reactive ketones (excluding diaryl/α,β-unsaturated/α-hetero) is 1. The fourth-order valence-electron chi connectivity index (χ4n) is 4.41. The lowest BCUT2D eigenvalue weighted by atomic mass is 9.95. The number of aromatic nitrogens is 1. The molecule has 1 atom stereocenters. The van der Waals surface area contributed by atoms with Crippen LogP contribution in [0, 0.1) is 13.8 Å². The highest BCUT2D eigenvalue weighted by Crippen LogP contribution is 2.45. The van der Waals surface area contributed by atoms with Crippen LogP contribution in [0.25, 0.3) is 16.0 Å². The molecule has 8 nitrogen and oxygen atoms in total. The largest absolute Gasteiger partial charge is 0.508 e. The van der Waals surface area contributed by atoms with Crippen molar-refractivity contribution in [3.05, 3.63) is 82.4 Å². The zero-order valence-corrected chi connectivity index (χ0v) is 21.4. The van der Waals surface area contributed by atoms with E-state index in [-0.39, 0.29) is 28.4 Å². The van der Waals surface area contributed by atoms with Gasteiger partial charge in [-0.25, -0.2) is 4.98 Å². The molecule has 0 radical (unpaired) electrons. The van der Waals surface area contributed by atoms with Crippen molar-refractivity contribution in [1.82, 2.24) is 4.98 Å². The first-order valence-corrected chi connectivity index (χ1v) is 12.2. The second-order valence-electron chi connectivity index (χ2n) is 8.73. The molecule has 4 aromatic rings. The third-order valence-corrected chi connectivity index (χ3v) is 7.53. The number of nitrogens with zero attached hydrogens (tertiary/aromatic N) is 2. The van der Waals surface area contributed by atoms with E-state index in [1.54, 1.807) is 30.3 Å². The molecule has 0 bridgehead atoms. The number of aliphatic hydroxyl groups is 1. The van der Waals surface area contributed by atoms with Crippen molar-refractivity contribution in [3.8, 4) is 17.2 Å². The van der Waals surface area contributed by atoms with E-state index in [9.17, 15) is 19.8 Å². The number of rotatable bonds is 5. The number of methoxy groups -OCH3 is 2. The Hall–Kier alpha value is -4.37. The minimum atomic E-state index is -0.977. The maximum absolute atomic E-state index is 13.5. The minimum Gasteiger partial charge on any atom is -0.508 e. The molecule has 1 aromatic heterocycles. The average Bonchev–Trinajstić information content (AvgIpc) is 3.41. The van der Waals surface area contributed by atoms with Crippen LogP contribution in [0.1, 0.15) is 28.3 Å². The summed E-state index contributed by atoms with van der Waals surface area (Å²) in [6, 6.07) is 13.9. The third-order valence-electron chi connectivity index (χ3n) is 6.52. The molecule has 2 heterocycles. The maximum Gasteiger partial charge on any atom is 0.301 e. The highest BCUT2D eigenvalue weighted by atomic mass is 32.1. The van der Waals surface area contributed by atoms with Crippen LogP contribution in [0.15, 0.2) is 60.2 Å². The fourth-order valence-corrected chi connectivity index (χ4v) is 5.48. The lowest BCUT2D eigenvalue weighted by molar-refractivity contribution is -0.132. The number of phenolic OH excluding ortho intramolecular Hbond substituents is 1. The summed E-state index contributed by atoms with van der Waals surface area (Å²) in [6.07, 6.45) is 0. The molecule has 1 aliphatic rings. The average molecular weight is 517 g/mol. The van der Waals surface area contributed by atoms with E-state index in [1.807, 2.05) is 26.0 Å². The Morgan fingerprint density at radius 3 is 2.35 bits per heavy atom. The number of thiazole rings is 1. The predicted octanol–water partition coefficient (Wildman–Crippen LogP) is 5.26. The smallest absolute Gasteiger partial charge is 0.301 e. The molecule has 0 saturated carbocycles. The third kappa shape index (κ3) is 4.07. The first-order chi connectivity index (χ1) is 17.7. The van der Waals surface area contributed by atoms with Gasteiger partial charge in [0.2, 0.25) is 0 Å². The van der Waals surface area contributed by atoms with Gasteiger partial charge in [-0.15, -0.1) is 0 Å². The van der Waals surface area contributed by atoms with Crippen LogP contribution >= 0.6 is 11.3 Å². The molecule has 1 amide bonds. The minimum absolute atomic E-state index is 0.0310. The van der Waals surface area contributed by atoms with Crippen molar-refractivity contribution in [1.29, 1.82) is 0 Å². The Kier molecular flexibility index (Phi) is 6.08. The number of phenols is 1. The SMILES string of the molecule is COc1ccc(/C(O)=C2\C(=O)C(=O)N(c3nc4cc(C)c(C)cc4s3)C2c2ccc(O)cc2)c(OC)c1. The number of carbonyl (C=O) groups excluding carboxylic acids is 2. The van der Waals surface area contributed by atoms with Crippen molar-refractivity contribution >= 4 is 44.1 Å². The topological polar surface area (TPSA) is 109 Å². The second kappa shape index (κ2) is 9.25. The maximum atomic E-state index is 13.5. The Morgan fingerprint density at radius 2 is 1.68 bits per heavy atom. The van der Waals surface area contributed by atoms with E-state index in [1.165, 1.54) is 42.6 Å². The van der Waals surface area contributed by atoms with Crippen LogP contribution < -0.4 is 14.4 Å². The van der Waals surface area contributed by atoms with E-state index in [4.69, 9.17) is 9.47 Å². The molecule has 9 heteroatoms. The molecule has 1 aliphatic heterocycles. The van der Waals surface area contributed by atoms with E-state index >= 15 is 0 Å². The molecule has 0 aliphatic carbocycles. The van der Waals surface area contributed by atoms with Gasteiger partial charge in [-0.2, -0.15) is 0 Å². The number of anilines is 1. The number of benzene rings is 3. The lowest BCUT2D eigenvalue weighted by Gasteiger charge is -2.23. The first kappa shape index (κ1) is 24.3. The molecule has 37 heavy (non-hydrogen) atoms. The Bertz CT molecular complexity index is 1550. The number of aliphatic hydroxyl groups excluding tert-OH is 1. The van der Waals surface area contributed by atoms with E-state index in [2.05, 4.69) is 4.98 Å². The van der Waals surface area contributed by atoms with Gasteiger partial charge in [0.25, 0.3) is 5.78 Å². The van der Waals surface area contributed by atoms with Gasteiger partial charge >= 0.3 is 5.91 Å². The van der Waals surface area contributed by atoms with Crippen molar-refractivity contribution in [3.63, 3.8) is 0 Å². The summed E-state index contributed by atoms with van der Waals surface area (Å²) < 4.78 is 11.5. The molecule has 2 N–H and O–H groups in total. The van der Waals surface area contributed by atoms with Crippen molar-refractivity contribution < 1.29 is 29.3 Å². The summed E-state index contributed by atoms with van der Waals surface area (Å²) in [7, 11) is 2.94. The van der Waals surface area contributed by atoms with Crippen molar-refractivity contribution in [2.45, 2.75) is 19.9 Å². The second-order valence-corrected chi connectivity index (χ2v) is 9.74. The van der Waals surface area contributed by atoms with E-state index < -0.39 is 17.7 Å². The summed E-state index contributed by atoms with van der Waals surface area (Å²) in [5.41, 5.74) is 3.52. The number of aromatic hydroxyl groups is 1. The monoisotopic (exact) mass is 516 g/mol. The number of hydrogen-bond donors (Lipinski definition) is 2. The van der Waals surface area contributed by atoms with Gasteiger partial charge in [0, 0.05) is 6.07 Å². The lowest BCUT2D eigenvalue weighted by Crippen LogP contribution is -2.29. The van der Waals surface area contributed by atoms with Crippen molar-refractivity contribution in [2.24, 2.45) is 0 Å². The first-order valence-electron chi connectivity index (χ1n) is 11.4. The molecular weight excluding hydrogens is 492 g/mol. The zero-order valence-electron chi connectivity index (χ0n) is 20.6. The number of aryl methyl sites for hydroxylation is 2. The molecular formula is C28H24N2O6S. The van der Waals surface area contributed by atoms with Crippen LogP contribution in [-0.4, -0.2) is 41.1 Å². The molecule has 3 aromatic carbocycles. The number of carbonyl (C=O) groups is 2. The van der Waals surface area contributed by atoms with Crippen molar-refractivity contribution in [2.75, 3.05) is 19.1 Å².